The van der Waals surface area contributed by atoms with Crippen LogP contribution in [-0.4, -0.2) is 6.04 Å². The van der Waals surface area contributed by atoms with Gasteiger partial charge >= 0.3 is 0 Å². The van der Waals surface area contributed by atoms with Crippen molar-refractivity contribution in [2.45, 2.75) is 64.0 Å². The molecule has 2 aliphatic carbocycles. The zero-order chi connectivity index (χ0) is 12.5. The van der Waals surface area contributed by atoms with E-state index in [4.69, 9.17) is 11.6 Å². The van der Waals surface area contributed by atoms with E-state index in [1.54, 1.807) is 11.3 Å². The molecule has 1 aromatic heterocycles. The summed E-state index contributed by atoms with van der Waals surface area (Å²) in [5, 5.41) is 3.87. The highest BCUT2D eigenvalue weighted by Crippen LogP contribution is 2.40. The Hall–Kier alpha value is -0.0500. The first-order chi connectivity index (χ1) is 8.74. The fraction of sp³-hybridized carbons (Fsp3) is 0.733. The minimum Gasteiger partial charge on any atom is -0.307 e. The first-order valence-corrected chi connectivity index (χ1v) is 8.47. The summed E-state index contributed by atoms with van der Waals surface area (Å²) in [5.74, 6) is 0.886. The van der Waals surface area contributed by atoms with E-state index in [0.29, 0.717) is 12.1 Å². The van der Waals surface area contributed by atoms with Crippen molar-refractivity contribution in [3.8, 4) is 0 Å². The van der Waals surface area contributed by atoms with Crippen LogP contribution in [0.15, 0.2) is 6.07 Å². The molecule has 0 radical (unpaired) electrons. The maximum Gasteiger partial charge on any atom is 0.0934 e. The third-order valence-corrected chi connectivity index (χ3v) is 6.01. The van der Waals surface area contributed by atoms with E-state index in [-0.39, 0.29) is 0 Å². The molecule has 2 atom stereocenters. The van der Waals surface area contributed by atoms with Gasteiger partial charge in [0.15, 0.2) is 0 Å². The second-order valence-electron chi connectivity index (χ2n) is 5.87. The predicted octanol–water partition coefficient (Wildman–Crippen LogP) is 4.95. The number of fused-ring (bicyclic) bond motifs is 1. The van der Waals surface area contributed by atoms with E-state index >= 15 is 0 Å². The number of nitrogens with one attached hydrogen (secondary N) is 1. The Bertz CT molecular complexity index is 409. The average Bonchev–Trinajstić information content (AvgIpc) is 2.91. The highest BCUT2D eigenvalue weighted by atomic mass is 35.5. The van der Waals surface area contributed by atoms with Gasteiger partial charge in [-0.3, -0.25) is 0 Å². The Labute approximate surface area is 119 Å². The third kappa shape index (κ3) is 2.61. The molecule has 1 unspecified atom stereocenters. The van der Waals surface area contributed by atoms with Crippen LogP contribution in [0.25, 0.3) is 0 Å². The van der Waals surface area contributed by atoms with Gasteiger partial charge in [-0.2, -0.15) is 0 Å². The third-order valence-electron chi connectivity index (χ3n) is 4.67. The van der Waals surface area contributed by atoms with Gasteiger partial charge in [0.2, 0.25) is 0 Å². The standard InChI is InChI=1S/C15H22ClNS/c1-10(11-5-3-2-4-6-11)17-13-7-8-14-12(13)9-15(16)18-14/h9-11,13,17H,2-8H2,1H3/t10-,13?/m1/s1. The molecular formula is C15H22ClNS. The van der Waals surface area contributed by atoms with Crippen molar-refractivity contribution in [3.05, 3.63) is 20.8 Å². The lowest BCUT2D eigenvalue weighted by atomic mass is 9.84. The Morgan fingerprint density at radius 2 is 2.06 bits per heavy atom. The SMILES string of the molecule is C[C@@H](NC1CCc2sc(Cl)cc21)C1CCCCC1. The van der Waals surface area contributed by atoms with Gasteiger partial charge < -0.3 is 5.32 Å². The second-order valence-corrected chi connectivity index (χ2v) is 7.64. The molecule has 18 heavy (non-hydrogen) atoms. The number of hydrogen-bond donors (Lipinski definition) is 1. The number of thiophene rings is 1. The lowest BCUT2D eigenvalue weighted by Gasteiger charge is -2.30. The van der Waals surface area contributed by atoms with E-state index < -0.39 is 0 Å². The summed E-state index contributed by atoms with van der Waals surface area (Å²) in [4.78, 5) is 1.51. The van der Waals surface area contributed by atoms with Crippen LogP contribution >= 0.6 is 22.9 Å². The molecule has 1 fully saturated rings. The van der Waals surface area contributed by atoms with Crippen LogP contribution in [0.3, 0.4) is 0 Å². The molecule has 100 valence electrons. The minimum atomic E-state index is 0.556. The van der Waals surface area contributed by atoms with Crippen molar-refractivity contribution in [2.75, 3.05) is 0 Å². The molecular weight excluding hydrogens is 262 g/mol. The summed E-state index contributed by atoms with van der Waals surface area (Å²) >= 11 is 7.89. The van der Waals surface area contributed by atoms with Crippen LogP contribution in [0.4, 0.5) is 0 Å². The second kappa shape index (κ2) is 5.52. The van der Waals surface area contributed by atoms with Crippen molar-refractivity contribution in [1.29, 1.82) is 0 Å². The first-order valence-electron chi connectivity index (χ1n) is 7.28. The van der Waals surface area contributed by atoms with Gasteiger partial charge in [0, 0.05) is 17.0 Å². The molecule has 1 saturated carbocycles. The van der Waals surface area contributed by atoms with Gasteiger partial charge in [-0.05, 0) is 50.2 Å². The van der Waals surface area contributed by atoms with Crippen molar-refractivity contribution >= 4 is 22.9 Å². The Kier molecular flexibility index (Phi) is 3.97. The molecule has 0 aromatic carbocycles. The molecule has 0 bridgehead atoms. The topological polar surface area (TPSA) is 12.0 Å². The zero-order valence-corrected chi connectivity index (χ0v) is 12.6. The highest BCUT2D eigenvalue weighted by molar-refractivity contribution is 7.16. The van der Waals surface area contributed by atoms with Crippen LogP contribution in [-0.2, 0) is 6.42 Å². The number of rotatable bonds is 3. The summed E-state index contributed by atoms with van der Waals surface area (Å²) in [7, 11) is 0. The molecule has 3 rings (SSSR count). The average molecular weight is 284 g/mol. The Morgan fingerprint density at radius 1 is 1.28 bits per heavy atom. The quantitative estimate of drug-likeness (QED) is 0.828. The lowest BCUT2D eigenvalue weighted by Crippen LogP contribution is -2.36. The Morgan fingerprint density at radius 3 is 2.83 bits per heavy atom. The Balaban J connectivity index is 1.63. The van der Waals surface area contributed by atoms with E-state index in [2.05, 4.69) is 18.3 Å². The van der Waals surface area contributed by atoms with Crippen molar-refractivity contribution in [1.82, 2.24) is 5.32 Å². The predicted molar refractivity (Wildman–Crippen MR) is 79.6 cm³/mol. The molecule has 1 heterocycles. The zero-order valence-electron chi connectivity index (χ0n) is 11.0. The fourth-order valence-electron chi connectivity index (χ4n) is 3.59. The summed E-state index contributed by atoms with van der Waals surface area (Å²) in [6, 6.07) is 3.39. The summed E-state index contributed by atoms with van der Waals surface area (Å²) < 4.78 is 0.955. The number of aryl methyl sites for hydroxylation is 1. The van der Waals surface area contributed by atoms with Gasteiger partial charge in [-0.15, -0.1) is 11.3 Å². The van der Waals surface area contributed by atoms with Crippen molar-refractivity contribution in [2.24, 2.45) is 5.92 Å². The highest BCUT2D eigenvalue weighted by Gasteiger charge is 2.28. The van der Waals surface area contributed by atoms with E-state index in [0.717, 1.165) is 10.3 Å². The largest absolute Gasteiger partial charge is 0.307 e. The van der Waals surface area contributed by atoms with Gasteiger partial charge in [-0.25, -0.2) is 0 Å². The molecule has 3 heteroatoms. The molecule has 0 aliphatic heterocycles. The van der Waals surface area contributed by atoms with Gasteiger partial charge in [-0.1, -0.05) is 30.9 Å². The molecule has 0 saturated heterocycles. The van der Waals surface area contributed by atoms with E-state index in [1.807, 2.05) is 0 Å². The van der Waals surface area contributed by atoms with E-state index in [9.17, 15) is 0 Å². The van der Waals surface area contributed by atoms with Crippen molar-refractivity contribution in [3.63, 3.8) is 0 Å². The normalized spacial score (nSPS) is 26.2. The van der Waals surface area contributed by atoms with Gasteiger partial charge in [0.25, 0.3) is 0 Å². The molecule has 1 aromatic rings. The van der Waals surface area contributed by atoms with Crippen LogP contribution in [0.5, 0.6) is 0 Å². The molecule has 1 N–H and O–H groups in total. The maximum atomic E-state index is 6.12. The van der Waals surface area contributed by atoms with Crippen molar-refractivity contribution < 1.29 is 0 Å². The smallest absolute Gasteiger partial charge is 0.0934 e. The monoisotopic (exact) mass is 283 g/mol. The first kappa shape index (κ1) is 13.0. The maximum absolute atomic E-state index is 6.12. The summed E-state index contributed by atoms with van der Waals surface area (Å²) in [6.07, 6.45) is 9.60. The van der Waals surface area contributed by atoms with Gasteiger partial charge in [0.05, 0.1) is 4.34 Å². The summed E-state index contributed by atoms with van der Waals surface area (Å²) in [6.45, 7) is 2.38. The van der Waals surface area contributed by atoms with Crippen LogP contribution < -0.4 is 5.32 Å². The van der Waals surface area contributed by atoms with Gasteiger partial charge in [0.1, 0.15) is 0 Å². The van der Waals surface area contributed by atoms with Crippen LogP contribution in [0.2, 0.25) is 4.34 Å². The van der Waals surface area contributed by atoms with Crippen LogP contribution in [0, 0.1) is 5.92 Å². The molecule has 1 nitrogen and oxygen atoms in total. The minimum absolute atomic E-state index is 0.556. The molecule has 0 amide bonds. The lowest BCUT2D eigenvalue weighted by molar-refractivity contribution is 0.264. The number of hydrogen-bond acceptors (Lipinski definition) is 2. The van der Waals surface area contributed by atoms with E-state index in [1.165, 1.54) is 55.4 Å². The van der Waals surface area contributed by atoms with Crippen LogP contribution in [0.1, 0.15) is 61.9 Å². The molecule has 2 aliphatic rings. The molecule has 0 spiro atoms. The summed E-state index contributed by atoms with van der Waals surface area (Å²) in [5.41, 5.74) is 1.48. The fourth-order valence-corrected chi connectivity index (χ4v) is 4.95. The number of halogens is 1.